The number of allylic oxidation sites excluding steroid dienone is 2. The van der Waals surface area contributed by atoms with Crippen molar-refractivity contribution >= 4 is 11.3 Å². The van der Waals surface area contributed by atoms with E-state index >= 15 is 0 Å². The van der Waals surface area contributed by atoms with Gasteiger partial charge in [-0.25, -0.2) is 0 Å². The van der Waals surface area contributed by atoms with Crippen LogP contribution in [0.3, 0.4) is 0 Å². The molecule has 0 atom stereocenters. The monoisotopic (exact) mass is 308 g/mol. The molecule has 2 heteroatoms. The lowest BCUT2D eigenvalue weighted by Crippen LogP contribution is -2.10. The Morgan fingerprint density at radius 3 is 1.96 bits per heavy atom. The fourth-order valence-corrected chi connectivity index (χ4v) is 2.28. The van der Waals surface area contributed by atoms with E-state index in [1.54, 1.807) is 13.2 Å². The Kier molecular flexibility index (Phi) is 4.95. The van der Waals surface area contributed by atoms with E-state index in [1.807, 2.05) is 36.4 Å². The van der Waals surface area contributed by atoms with E-state index in [2.05, 4.69) is 39.5 Å². The highest BCUT2D eigenvalue weighted by Gasteiger charge is 2.13. The number of methoxy groups -OCH3 is 1. The number of aliphatic hydroxyl groups excluding tert-OH is 1. The fraction of sp³-hybridized carbons (Fsp3) is 0.238. The van der Waals surface area contributed by atoms with Crippen LogP contribution in [0.2, 0.25) is 0 Å². The molecule has 0 aliphatic rings. The van der Waals surface area contributed by atoms with Crippen LogP contribution in [-0.4, -0.2) is 12.2 Å². The highest BCUT2D eigenvalue weighted by atomic mass is 16.5. The standard InChI is InChI=1S/C21H24O2/c1-15(16-6-10-18(11-7-16)21(2,3)4)14-20(22)17-8-12-19(23-5)13-9-17/h6-14,22H,1H2,2-5H3/b20-14-. The maximum absolute atomic E-state index is 10.3. The van der Waals surface area contributed by atoms with Gasteiger partial charge < -0.3 is 9.84 Å². The second-order valence-corrected chi connectivity index (χ2v) is 6.61. The Hall–Kier alpha value is -2.48. The maximum atomic E-state index is 10.3. The maximum Gasteiger partial charge on any atom is 0.123 e. The molecule has 0 amide bonds. The largest absolute Gasteiger partial charge is 0.507 e. The first-order valence-electron chi connectivity index (χ1n) is 7.66. The molecule has 1 N–H and O–H groups in total. The molecule has 0 saturated carbocycles. The molecule has 0 bridgehead atoms. The Morgan fingerprint density at radius 2 is 1.48 bits per heavy atom. The van der Waals surface area contributed by atoms with E-state index < -0.39 is 0 Å². The van der Waals surface area contributed by atoms with Gasteiger partial charge in [-0.1, -0.05) is 51.6 Å². The summed E-state index contributed by atoms with van der Waals surface area (Å²) in [5.74, 6) is 0.954. The molecule has 0 unspecified atom stereocenters. The molecular formula is C21H24O2. The topological polar surface area (TPSA) is 29.5 Å². The summed E-state index contributed by atoms with van der Waals surface area (Å²) >= 11 is 0. The molecule has 0 aliphatic carbocycles. The summed E-state index contributed by atoms with van der Waals surface area (Å²) in [4.78, 5) is 0. The Bertz CT molecular complexity index is 699. The van der Waals surface area contributed by atoms with Gasteiger partial charge in [0.25, 0.3) is 0 Å². The third kappa shape index (κ3) is 4.26. The molecule has 0 spiro atoms. The summed E-state index contributed by atoms with van der Waals surface area (Å²) in [5, 5.41) is 10.3. The van der Waals surface area contributed by atoms with Crippen LogP contribution in [0, 0.1) is 0 Å². The molecule has 0 saturated heterocycles. The predicted octanol–water partition coefficient (Wildman–Crippen LogP) is 5.61. The minimum absolute atomic E-state index is 0.126. The van der Waals surface area contributed by atoms with Gasteiger partial charge in [0.15, 0.2) is 0 Å². The van der Waals surface area contributed by atoms with Crippen LogP contribution in [0.5, 0.6) is 5.75 Å². The molecule has 0 heterocycles. The van der Waals surface area contributed by atoms with Crippen LogP contribution in [-0.2, 0) is 5.41 Å². The molecule has 2 rings (SSSR count). The van der Waals surface area contributed by atoms with Crippen molar-refractivity contribution in [2.45, 2.75) is 26.2 Å². The van der Waals surface area contributed by atoms with E-state index in [0.29, 0.717) is 0 Å². The highest BCUT2D eigenvalue weighted by Crippen LogP contribution is 2.25. The summed E-state index contributed by atoms with van der Waals surface area (Å²) in [6.07, 6.45) is 1.69. The molecule has 0 radical (unpaired) electrons. The smallest absolute Gasteiger partial charge is 0.123 e. The van der Waals surface area contributed by atoms with E-state index in [9.17, 15) is 5.11 Å². The van der Waals surface area contributed by atoms with Gasteiger partial charge in [-0.2, -0.15) is 0 Å². The third-order valence-electron chi connectivity index (χ3n) is 3.82. The summed E-state index contributed by atoms with van der Waals surface area (Å²) in [7, 11) is 1.62. The Labute approximate surface area is 138 Å². The zero-order valence-corrected chi connectivity index (χ0v) is 14.3. The first kappa shape index (κ1) is 16.9. The van der Waals surface area contributed by atoms with Crippen LogP contribution in [0.15, 0.2) is 61.2 Å². The molecule has 120 valence electrons. The lowest BCUT2D eigenvalue weighted by atomic mass is 9.86. The van der Waals surface area contributed by atoms with Gasteiger partial charge in [-0.3, -0.25) is 0 Å². The van der Waals surface area contributed by atoms with Crippen molar-refractivity contribution in [3.05, 3.63) is 77.9 Å². The van der Waals surface area contributed by atoms with Crippen LogP contribution >= 0.6 is 0 Å². The van der Waals surface area contributed by atoms with Crippen molar-refractivity contribution in [1.82, 2.24) is 0 Å². The molecule has 0 fully saturated rings. The van der Waals surface area contributed by atoms with Crippen molar-refractivity contribution < 1.29 is 9.84 Å². The van der Waals surface area contributed by atoms with Crippen LogP contribution < -0.4 is 4.74 Å². The second kappa shape index (κ2) is 6.74. The van der Waals surface area contributed by atoms with Crippen molar-refractivity contribution in [1.29, 1.82) is 0 Å². The third-order valence-corrected chi connectivity index (χ3v) is 3.82. The summed E-state index contributed by atoms with van der Waals surface area (Å²) in [5.41, 5.74) is 3.91. The predicted molar refractivity (Wildman–Crippen MR) is 97.8 cm³/mol. The fourth-order valence-electron chi connectivity index (χ4n) is 2.28. The van der Waals surface area contributed by atoms with Gasteiger partial charge in [0, 0.05) is 5.56 Å². The van der Waals surface area contributed by atoms with E-state index in [-0.39, 0.29) is 11.2 Å². The first-order valence-corrected chi connectivity index (χ1v) is 7.66. The summed E-state index contributed by atoms with van der Waals surface area (Å²) < 4.78 is 5.12. The lowest BCUT2D eigenvalue weighted by Gasteiger charge is -2.19. The average Bonchev–Trinajstić information content (AvgIpc) is 2.54. The number of rotatable bonds is 4. The summed E-state index contributed by atoms with van der Waals surface area (Å²) in [6.45, 7) is 10.6. The van der Waals surface area contributed by atoms with Crippen LogP contribution in [0.1, 0.15) is 37.5 Å². The zero-order chi connectivity index (χ0) is 17.0. The molecule has 2 aromatic carbocycles. The summed E-state index contributed by atoms with van der Waals surface area (Å²) in [6, 6.07) is 15.6. The molecule has 0 aromatic heterocycles. The lowest BCUT2D eigenvalue weighted by molar-refractivity contribution is 0.414. The molecule has 23 heavy (non-hydrogen) atoms. The van der Waals surface area contributed by atoms with Gasteiger partial charge >= 0.3 is 0 Å². The van der Waals surface area contributed by atoms with Crippen molar-refractivity contribution in [3.8, 4) is 5.75 Å². The van der Waals surface area contributed by atoms with Gasteiger partial charge in [0.1, 0.15) is 11.5 Å². The van der Waals surface area contributed by atoms with E-state index in [0.717, 1.165) is 22.4 Å². The average molecular weight is 308 g/mol. The van der Waals surface area contributed by atoms with Gasteiger partial charge in [0.05, 0.1) is 7.11 Å². The number of aliphatic hydroxyl groups is 1. The molecular weight excluding hydrogens is 284 g/mol. The van der Waals surface area contributed by atoms with Gasteiger partial charge in [-0.05, 0) is 52.5 Å². The van der Waals surface area contributed by atoms with E-state index in [4.69, 9.17) is 4.74 Å². The quantitative estimate of drug-likeness (QED) is 0.588. The van der Waals surface area contributed by atoms with E-state index in [1.165, 1.54) is 5.56 Å². The number of hydrogen-bond donors (Lipinski definition) is 1. The first-order chi connectivity index (χ1) is 10.8. The van der Waals surface area contributed by atoms with Crippen molar-refractivity contribution in [2.75, 3.05) is 7.11 Å². The highest BCUT2D eigenvalue weighted by molar-refractivity contribution is 5.80. The minimum atomic E-state index is 0.126. The number of benzene rings is 2. The van der Waals surface area contributed by atoms with Crippen LogP contribution in [0.25, 0.3) is 11.3 Å². The number of hydrogen-bond acceptors (Lipinski definition) is 2. The normalized spacial score (nSPS) is 12.1. The SMILES string of the molecule is C=C(/C=C(\O)c1ccc(OC)cc1)c1ccc(C(C)(C)C)cc1. The van der Waals surface area contributed by atoms with Crippen LogP contribution in [0.4, 0.5) is 0 Å². The van der Waals surface area contributed by atoms with Crippen molar-refractivity contribution in [2.24, 2.45) is 0 Å². The Balaban J connectivity index is 2.19. The molecule has 2 nitrogen and oxygen atoms in total. The van der Waals surface area contributed by atoms with Gasteiger partial charge in [0.2, 0.25) is 0 Å². The second-order valence-electron chi connectivity index (χ2n) is 6.61. The molecule has 0 aliphatic heterocycles. The zero-order valence-electron chi connectivity index (χ0n) is 14.3. The molecule has 2 aromatic rings. The van der Waals surface area contributed by atoms with Gasteiger partial charge in [-0.15, -0.1) is 0 Å². The van der Waals surface area contributed by atoms with Crippen molar-refractivity contribution in [3.63, 3.8) is 0 Å². The number of ether oxygens (including phenoxy) is 1. The Morgan fingerprint density at radius 1 is 0.957 bits per heavy atom. The minimum Gasteiger partial charge on any atom is -0.507 e.